The first-order valence-electron chi connectivity index (χ1n) is 7.08. The lowest BCUT2D eigenvalue weighted by atomic mass is 10.00. The Hall–Kier alpha value is -1.20. The molecule has 0 unspecified atom stereocenters. The van der Waals surface area contributed by atoms with Gasteiger partial charge in [-0.3, -0.25) is 10.1 Å². The quantitative estimate of drug-likeness (QED) is 0.892. The molecule has 2 heterocycles. The van der Waals surface area contributed by atoms with Crippen molar-refractivity contribution in [1.29, 1.82) is 0 Å². The van der Waals surface area contributed by atoms with Crippen LogP contribution in [0.25, 0.3) is 0 Å². The topological polar surface area (TPSA) is 42.0 Å². The standard InChI is InChI=1S/C15H18N2OS2/c1-10-9-16-15(19-10)17-14(18)13-8-11-6-4-2-3-5-7-12(11)20-13/h8-9H,2-7H2,1H3,(H,16,17,18). The van der Waals surface area contributed by atoms with E-state index >= 15 is 0 Å². The summed E-state index contributed by atoms with van der Waals surface area (Å²) in [6.07, 6.45) is 9.16. The number of rotatable bonds is 2. The second kappa shape index (κ2) is 6.06. The van der Waals surface area contributed by atoms with Crippen molar-refractivity contribution >= 4 is 33.7 Å². The maximum atomic E-state index is 12.3. The molecule has 0 fully saturated rings. The van der Waals surface area contributed by atoms with Gasteiger partial charge < -0.3 is 0 Å². The predicted octanol–water partition coefficient (Wildman–Crippen LogP) is 4.42. The molecule has 1 aliphatic carbocycles. The number of aryl methyl sites for hydroxylation is 3. The molecule has 1 N–H and O–H groups in total. The second-order valence-corrected chi connectivity index (χ2v) is 7.57. The van der Waals surface area contributed by atoms with E-state index in [1.807, 2.05) is 6.92 Å². The van der Waals surface area contributed by atoms with Crippen LogP contribution in [0.2, 0.25) is 0 Å². The Balaban J connectivity index is 1.76. The number of nitrogens with one attached hydrogen (secondary N) is 1. The average molecular weight is 306 g/mol. The number of hydrogen-bond donors (Lipinski definition) is 1. The smallest absolute Gasteiger partial charge is 0.267 e. The molecule has 0 spiro atoms. The normalized spacial score (nSPS) is 15.2. The minimum absolute atomic E-state index is 0.0175. The molecular formula is C15H18N2OS2. The first-order chi connectivity index (χ1) is 9.72. The SMILES string of the molecule is Cc1cnc(NC(=O)c2cc3c(s2)CCCCCC3)s1. The van der Waals surface area contributed by atoms with Crippen LogP contribution in [-0.2, 0) is 12.8 Å². The van der Waals surface area contributed by atoms with Crippen molar-refractivity contribution in [1.82, 2.24) is 4.98 Å². The summed E-state index contributed by atoms with van der Waals surface area (Å²) in [5.41, 5.74) is 1.38. The van der Waals surface area contributed by atoms with Crippen LogP contribution in [0.4, 0.5) is 5.13 Å². The number of hydrogen-bond acceptors (Lipinski definition) is 4. The molecule has 2 aromatic rings. The maximum absolute atomic E-state index is 12.3. The third-order valence-electron chi connectivity index (χ3n) is 3.56. The van der Waals surface area contributed by atoms with Crippen LogP contribution >= 0.6 is 22.7 Å². The molecule has 1 amide bonds. The van der Waals surface area contributed by atoms with Crippen molar-refractivity contribution in [2.24, 2.45) is 0 Å². The Bertz CT molecular complexity index is 590. The minimum Gasteiger partial charge on any atom is -0.297 e. The molecule has 0 bridgehead atoms. The first-order valence-corrected chi connectivity index (χ1v) is 8.71. The van der Waals surface area contributed by atoms with Crippen molar-refractivity contribution < 1.29 is 4.79 Å². The molecule has 0 aromatic carbocycles. The number of anilines is 1. The molecule has 0 radical (unpaired) electrons. The number of amides is 1. The van der Waals surface area contributed by atoms with E-state index < -0.39 is 0 Å². The summed E-state index contributed by atoms with van der Waals surface area (Å²) in [6.45, 7) is 1.99. The van der Waals surface area contributed by atoms with Gasteiger partial charge in [-0.15, -0.1) is 22.7 Å². The van der Waals surface area contributed by atoms with Gasteiger partial charge in [0.1, 0.15) is 0 Å². The third-order valence-corrected chi connectivity index (χ3v) is 5.63. The zero-order chi connectivity index (χ0) is 13.9. The van der Waals surface area contributed by atoms with Crippen molar-refractivity contribution in [3.63, 3.8) is 0 Å². The Morgan fingerprint density at radius 1 is 1.20 bits per heavy atom. The minimum atomic E-state index is -0.0175. The molecule has 0 saturated heterocycles. The lowest BCUT2D eigenvalue weighted by Gasteiger charge is -2.07. The molecule has 5 heteroatoms. The van der Waals surface area contributed by atoms with E-state index in [4.69, 9.17) is 0 Å². The van der Waals surface area contributed by atoms with Gasteiger partial charge in [0.25, 0.3) is 5.91 Å². The molecule has 0 atom stereocenters. The molecule has 2 aromatic heterocycles. The molecule has 20 heavy (non-hydrogen) atoms. The van der Waals surface area contributed by atoms with E-state index in [1.165, 1.54) is 47.5 Å². The highest BCUT2D eigenvalue weighted by Gasteiger charge is 2.16. The summed E-state index contributed by atoms with van der Waals surface area (Å²) in [5, 5.41) is 3.59. The molecule has 106 valence electrons. The Labute approximate surface area is 127 Å². The van der Waals surface area contributed by atoms with Gasteiger partial charge in [0.15, 0.2) is 5.13 Å². The van der Waals surface area contributed by atoms with Crippen molar-refractivity contribution in [2.75, 3.05) is 5.32 Å². The number of thiazole rings is 1. The van der Waals surface area contributed by atoms with E-state index in [-0.39, 0.29) is 5.91 Å². The van der Waals surface area contributed by atoms with Gasteiger partial charge in [-0.25, -0.2) is 4.98 Å². The molecule has 3 nitrogen and oxygen atoms in total. The molecular weight excluding hydrogens is 288 g/mol. The summed E-state index contributed by atoms with van der Waals surface area (Å²) in [6, 6.07) is 2.08. The fourth-order valence-electron chi connectivity index (χ4n) is 2.53. The van der Waals surface area contributed by atoms with Crippen LogP contribution in [0.15, 0.2) is 12.3 Å². The van der Waals surface area contributed by atoms with Crippen LogP contribution in [-0.4, -0.2) is 10.9 Å². The highest BCUT2D eigenvalue weighted by Crippen LogP contribution is 2.29. The lowest BCUT2D eigenvalue weighted by Crippen LogP contribution is -2.09. The molecule has 1 aliphatic rings. The van der Waals surface area contributed by atoms with Crippen molar-refractivity contribution in [2.45, 2.75) is 45.4 Å². The number of thiophene rings is 1. The Kier molecular flexibility index (Phi) is 4.17. The molecule has 0 aliphatic heterocycles. The van der Waals surface area contributed by atoms with Crippen LogP contribution in [0.5, 0.6) is 0 Å². The maximum Gasteiger partial charge on any atom is 0.267 e. The zero-order valence-electron chi connectivity index (χ0n) is 11.6. The third kappa shape index (κ3) is 3.10. The van der Waals surface area contributed by atoms with Gasteiger partial charge in [0, 0.05) is 16.0 Å². The number of fused-ring (bicyclic) bond motifs is 1. The van der Waals surface area contributed by atoms with E-state index in [0.29, 0.717) is 5.13 Å². The summed E-state index contributed by atoms with van der Waals surface area (Å²) < 4.78 is 0. The fourth-order valence-corrected chi connectivity index (χ4v) is 4.34. The van der Waals surface area contributed by atoms with Crippen LogP contribution in [0, 0.1) is 6.92 Å². The van der Waals surface area contributed by atoms with E-state index in [1.54, 1.807) is 17.5 Å². The van der Waals surface area contributed by atoms with Gasteiger partial charge >= 0.3 is 0 Å². The van der Waals surface area contributed by atoms with E-state index in [2.05, 4.69) is 16.4 Å². The average Bonchev–Trinajstić information content (AvgIpc) is 2.96. The summed E-state index contributed by atoms with van der Waals surface area (Å²) >= 11 is 3.17. The number of carbonyl (C=O) groups is 1. The molecule has 3 rings (SSSR count). The van der Waals surface area contributed by atoms with Gasteiger partial charge in [0.2, 0.25) is 0 Å². The van der Waals surface area contributed by atoms with Crippen molar-refractivity contribution in [3.8, 4) is 0 Å². The number of carbonyl (C=O) groups excluding carboxylic acids is 1. The summed E-state index contributed by atoms with van der Waals surface area (Å²) in [5.74, 6) is -0.0175. The van der Waals surface area contributed by atoms with Crippen molar-refractivity contribution in [3.05, 3.63) is 32.5 Å². The van der Waals surface area contributed by atoms with Crippen LogP contribution in [0.1, 0.15) is 50.7 Å². The fraction of sp³-hybridized carbons (Fsp3) is 0.467. The predicted molar refractivity (Wildman–Crippen MR) is 85.0 cm³/mol. The van der Waals surface area contributed by atoms with E-state index in [9.17, 15) is 4.79 Å². The highest BCUT2D eigenvalue weighted by atomic mass is 32.1. The summed E-state index contributed by atoms with van der Waals surface area (Å²) in [7, 11) is 0. The van der Waals surface area contributed by atoms with E-state index in [0.717, 1.165) is 22.6 Å². The molecule has 0 saturated carbocycles. The van der Waals surface area contributed by atoms with Gasteiger partial charge in [0.05, 0.1) is 4.88 Å². The largest absolute Gasteiger partial charge is 0.297 e. The number of aromatic nitrogens is 1. The van der Waals surface area contributed by atoms with Gasteiger partial charge in [-0.1, -0.05) is 12.8 Å². The number of nitrogens with zero attached hydrogens (tertiary/aromatic N) is 1. The zero-order valence-corrected chi connectivity index (χ0v) is 13.2. The van der Waals surface area contributed by atoms with Crippen LogP contribution in [0.3, 0.4) is 0 Å². The summed E-state index contributed by atoms with van der Waals surface area (Å²) in [4.78, 5) is 19.8. The van der Waals surface area contributed by atoms with Gasteiger partial charge in [-0.2, -0.15) is 0 Å². The first kappa shape index (κ1) is 13.8. The van der Waals surface area contributed by atoms with Gasteiger partial charge in [-0.05, 0) is 44.2 Å². The second-order valence-electron chi connectivity index (χ2n) is 5.20. The highest BCUT2D eigenvalue weighted by molar-refractivity contribution is 7.16. The Morgan fingerprint density at radius 3 is 2.75 bits per heavy atom. The van der Waals surface area contributed by atoms with Crippen LogP contribution < -0.4 is 5.32 Å². The lowest BCUT2D eigenvalue weighted by molar-refractivity contribution is 0.103. The monoisotopic (exact) mass is 306 g/mol. The Morgan fingerprint density at radius 2 is 2.00 bits per heavy atom.